The molecule has 0 saturated heterocycles. The van der Waals surface area contributed by atoms with Crippen molar-refractivity contribution in [1.82, 2.24) is 10.6 Å². The molecule has 2 rings (SSSR count). The second kappa shape index (κ2) is 8.32. The van der Waals surface area contributed by atoms with E-state index >= 15 is 0 Å². The van der Waals surface area contributed by atoms with Crippen LogP contribution in [0.5, 0.6) is 0 Å². The van der Waals surface area contributed by atoms with Crippen LogP contribution in [-0.4, -0.2) is 12.1 Å². The van der Waals surface area contributed by atoms with Crippen molar-refractivity contribution in [3.8, 4) is 0 Å². The van der Waals surface area contributed by atoms with Gasteiger partial charge in [-0.3, -0.25) is 0 Å². The normalized spacial score (nSPS) is 11.8. The third-order valence-electron chi connectivity index (χ3n) is 3.78. The zero-order valence-corrected chi connectivity index (χ0v) is 13.6. The fourth-order valence-electron chi connectivity index (χ4n) is 2.30. The summed E-state index contributed by atoms with van der Waals surface area (Å²) in [5.74, 6) is -0.249. The lowest BCUT2D eigenvalue weighted by molar-refractivity contribution is 0.237. The van der Waals surface area contributed by atoms with Crippen LogP contribution in [0.25, 0.3) is 0 Å². The van der Waals surface area contributed by atoms with Crippen LogP contribution in [0.4, 0.5) is 9.18 Å². The van der Waals surface area contributed by atoms with Gasteiger partial charge in [0.15, 0.2) is 0 Å². The van der Waals surface area contributed by atoms with Crippen LogP contribution in [0.3, 0.4) is 0 Å². The van der Waals surface area contributed by atoms with Gasteiger partial charge in [-0.05, 0) is 49.4 Å². The molecule has 0 aliphatic rings. The van der Waals surface area contributed by atoms with E-state index in [0.717, 1.165) is 18.4 Å². The van der Waals surface area contributed by atoms with Gasteiger partial charge in [0, 0.05) is 12.6 Å². The van der Waals surface area contributed by atoms with Crippen molar-refractivity contribution < 1.29 is 9.18 Å². The summed E-state index contributed by atoms with van der Waals surface area (Å²) in [5.41, 5.74) is 2.62. The lowest BCUT2D eigenvalue weighted by atomic mass is 10.1. The van der Waals surface area contributed by atoms with E-state index in [1.807, 2.05) is 31.2 Å². The number of aryl methyl sites for hydroxylation is 2. The monoisotopic (exact) mass is 314 g/mol. The molecule has 0 fully saturated rings. The van der Waals surface area contributed by atoms with Gasteiger partial charge in [-0.15, -0.1) is 0 Å². The van der Waals surface area contributed by atoms with Gasteiger partial charge >= 0.3 is 6.03 Å². The topological polar surface area (TPSA) is 41.1 Å². The van der Waals surface area contributed by atoms with Crippen LogP contribution in [-0.2, 0) is 13.0 Å². The molecule has 3 nitrogen and oxygen atoms in total. The van der Waals surface area contributed by atoms with Crippen molar-refractivity contribution in [2.24, 2.45) is 0 Å². The average Bonchev–Trinajstić information content (AvgIpc) is 2.55. The van der Waals surface area contributed by atoms with Crippen LogP contribution >= 0.6 is 0 Å². The summed E-state index contributed by atoms with van der Waals surface area (Å²) in [5, 5.41) is 5.66. The van der Waals surface area contributed by atoms with E-state index in [9.17, 15) is 9.18 Å². The predicted octanol–water partition coefficient (Wildman–Crippen LogP) is 3.95. The van der Waals surface area contributed by atoms with Crippen molar-refractivity contribution in [2.45, 2.75) is 39.3 Å². The highest BCUT2D eigenvalue weighted by molar-refractivity contribution is 5.74. The van der Waals surface area contributed by atoms with Gasteiger partial charge < -0.3 is 10.6 Å². The Balaban J connectivity index is 1.72. The van der Waals surface area contributed by atoms with Gasteiger partial charge in [0.25, 0.3) is 0 Å². The lowest BCUT2D eigenvalue weighted by Crippen LogP contribution is -2.40. The molecule has 0 aromatic heterocycles. The van der Waals surface area contributed by atoms with E-state index in [2.05, 4.69) is 22.8 Å². The number of benzene rings is 2. The van der Waals surface area contributed by atoms with Crippen molar-refractivity contribution in [2.75, 3.05) is 0 Å². The molecule has 0 aliphatic heterocycles. The molecule has 0 unspecified atom stereocenters. The largest absolute Gasteiger partial charge is 0.336 e. The Hall–Kier alpha value is -2.36. The zero-order valence-electron chi connectivity index (χ0n) is 13.6. The first-order valence-electron chi connectivity index (χ1n) is 7.88. The van der Waals surface area contributed by atoms with Crippen LogP contribution < -0.4 is 10.6 Å². The molecule has 0 bridgehead atoms. The SMILES string of the molecule is Cc1ccc(CNC(=O)N[C@@H](C)CCc2ccccc2)cc1F. The highest BCUT2D eigenvalue weighted by Gasteiger charge is 2.07. The van der Waals surface area contributed by atoms with E-state index in [-0.39, 0.29) is 17.9 Å². The highest BCUT2D eigenvalue weighted by atomic mass is 19.1. The van der Waals surface area contributed by atoms with Gasteiger partial charge in [0.1, 0.15) is 5.82 Å². The zero-order chi connectivity index (χ0) is 16.7. The number of carbonyl (C=O) groups is 1. The van der Waals surface area contributed by atoms with Gasteiger partial charge in [-0.1, -0.05) is 42.5 Å². The smallest absolute Gasteiger partial charge is 0.315 e. The first kappa shape index (κ1) is 17.0. The first-order valence-corrected chi connectivity index (χ1v) is 7.88. The van der Waals surface area contributed by atoms with Crippen LogP contribution in [0.1, 0.15) is 30.0 Å². The van der Waals surface area contributed by atoms with E-state index in [0.29, 0.717) is 12.1 Å². The first-order chi connectivity index (χ1) is 11.0. The molecule has 1 atom stereocenters. The molecule has 2 N–H and O–H groups in total. The summed E-state index contributed by atoms with van der Waals surface area (Å²) in [6, 6.07) is 15.0. The Labute approximate surface area is 136 Å². The molecule has 4 heteroatoms. The van der Waals surface area contributed by atoms with E-state index in [1.54, 1.807) is 13.0 Å². The number of urea groups is 1. The van der Waals surface area contributed by atoms with Crippen molar-refractivity contribution >= 4 is 6.03 Å². The van der Waals surface area contributed by atoms with Crippen LogP contribution in [0, 0.1) is 12.7 Å². The molecule has 0 spiro atoms. The minimum Gasteiger partial charge on any atom is -0.336 e. The fourth-order valence-corrected chi connectivity index (χ4v) is 2.30. The number of halogens is 1. The molecule has 0 radical (unpaired) electrons. The van der Waals surface area contributed by atoms with Crippen molar-refractivity contribution in [1.29, 1.82) is 0 Å². The Kier molecular flexibility index (Phi) is 6.15. The molecule has 2 amide bonds. The summed E-state index contributed by atoms with van der Waals surface area (Å²) in [7, 11) is 0. The van der Waals surface area contributed by atoms with Gasteiger partial charge in [0.05, 0.1) is 0 Å². The Bertz CT molecular complexity index is 643. The van der Waals surface area contributed by atoms with Gasteiger partial charge in [-0.25, -0.2) is 9.18 Å². The number of hydrogen-bond acceptors (Lipinski definition) is 1. The fraction of sp³-hybridized carbons (Fsp3) is 0.316. The maximum Gasteiger partial charge on any atom is 0.315 e. The minimum atomic E-state index is -0.249. The number of rotatable bonds is 6. The van der Waals surface area contributed by atoms with Crippen LogP contribution in [0.2, 0.25) is 0 Å². The van der Waals surface area contributed by atoms with Gasteiger partial charge in [-0.2, -0.15) is 0 Å². The quantitative estimate of drug-likeness (QED) is 0.832. The standard InChI is InChI=1S/C19H23FN2O/c1-14-8-10-17(12-18(14)20)13-21-19(23)22-15(2)9-11-16-6-4-3-5-7-16/h3-8,10,12,15H,9,11,13H2,1-2H3,(H2,21,22,23)/t15-/m0/s1. The molecule has 0 aliphatic carbocycles. The average molecular weight is 314 g/mol. The van der Waals surface area contributed by atoms with Crippen molar-refractivity contribution in [3.05, 3.63) is 71.0 Å². The van der Waals surface area contributed by atoms with Gasteiger partial charge in [0.2, 0.25) is 0 Å². The number of amides is 2. The maximum atomic E-state index is 13.4. The molecule has 2 aromatic rings. The molecule has 23 heavy (non-hydrogen) atoms. The molecule has 0 heterocycles. The Morgan fingerprint density at radius 3 is 2.57 bits per heavy atom. The summed E-state index contributed by atoms with van der Waals surface area (Å²) in [4.78, 5) is 11.9. The molecular formula is C19H23FN2O. The molecule has 0 saturated carbocycles. The Morgan fingerprint density at radius 1 is 1.13 bits per heavy atom. The third-order valence-corrected chi connectivity index (χ3v) is 3.78. The summed E-state index contributed by atoms with van der Waals surface area (Å²) in [6.45, 7) is 4.01. The summed E-state index contributed by atoms with van der Waals surface area (Å²) >= 11 is 0. The minimum absolute atomic E-state index is 0.0740. The maximum absolute atomic E-state index is 13.4. The predicted molar refractivity (Wildman–Crippen MR) is 90.7 cm³/mol. The Morgan fingerprint density at radius 2 is 1.87 bits per heavy atom. The second-order valence-corrected chi connectivity index (χ2v) is 5.84. The number of nitrogens with one attached hydrogen (secondary N) is 2. The lowest BCUT2D eigenvalue weighted by Gasteiger charge is -2.15. The van der Waals surface area contributed by atoms with E-state index in [1.165, 1.54) is 11.6 Å². The number of hydrogen-bond donors (Lipinski definition) is 2. The molecular weight excluding hydrogens is 291 g/mol. The van der Waals surface area contributed by atoms with Crippen molar-refractivity contribution in [3.63, 3.8) is 0 Å². The molecule has 122 valence electrons. The highest BCUT2D eigenvalue weighted by Crippen LogP contribution is 2.09. The molecule has 2 aromatic carbocycles. The summed E-state index contributed by atoms with van der Waals surface area (Å²) in [6.07, 6.45) is 1.79. The third kappa shape index (κ3) is 5.74. The van der Waals surface area contributed by atoms with E-state index < -0.39 is 0 Å². The van der Waals surface area contributed by atoms with Crippen LogP contribution in [0.15, 0.2) is 48.5 Å². The second-order valence-electron chi connectivity index (χ2n) is 5.84. The summed E-state index contributed by atoms with van der Waals surface area (Å²) < 4.78 is 13.4. The number of carbonyl (C=O) groups excluding carboxylic acids is 1. The van der Waals surface area contributed by atoms with E-state index in [4.69, 9.17) is 0 Å².